The largest absolute Gasteiger partial charge is 0.396 e. The average Bonchev–Trinajstić information content (AvgIpc) is 2.28. The first kappa shape index (κ1) is 13.9. The lowest BCUT2D eigenvalue weighted by atomic mass is 10.2. The molecule has 1 atom stereocenters. The molecule has 7 heteroatoms. The summed E-state index contributed by atoms with van der Waals surface area (Å²) in [5.74, 6) is -0.574. The zero-order valence-electron chi connectivity index (χ0n) is 10.6. The zero-order valence-corrected chi connectivity index (χ0v) is 10.6. The van der Waals surface area contributed by atoms with Crippen molar-refractivity contribution in [2.75, 3.05) is 5.73 Å². The summed E-state index contributed by atoms with van der Waals surface area (Å²) in [6.45, 7) is 5.29. The van der Waals surface area contributed by atoms with Gasteiger partial charge in [0.25, 0.3) is 5.91 Å². The average molecular weight is 251 g/mol. The van der Waals surface area contributed by atoms with Crippen LogP contribution in [0.3, 0.4) is 0 Å². The molecule has 0 radical (unpaired) electrons. The van der Waals surface area contributed by atoms with Crippen LogP contribution in [-0.2, 0) is 4.79 Å². The molecule has 1 aromatic heterocycles. The molecule has 0 saturated carbocycles. The van der Waals surface area contributed by atoms with E-state index >= 15 is 0 Å². The number of hydrogen-bond acceptors (Lipinski definition) is 5. The summed E-state index contributed by atoms with van der Waals surface area (Å²) in [5.41, 5.74) is 10.9. The monoisotopic (exact) mass is 251 g/mol. The molecule has 5 N–H and O–H groups in total. The number of hydrogen-bond donors (Lipinski definition) is 3. The van der Waals surface area contributed by atoms with Crippen molar-refractivity contribution >= 4 is 17.5 Å². The van der Waals surface area contributed by atoms with Crippen molar-refractivity contribution in [3.8, 4) is 0 Å². The SMILES string of the molecule is CC(NC(=O)c1nc(C(C)C)ncc1N)C(N)=O. The van der Waals surface area contributed by atoms with Gasteiger partial charge in [0.1, 0.15) is 11.9 Å². The van der Waals surface area contributed by atoms with Crippen LogP contribution in [0.2, 0.25) is 0 Å². The van der Waals surface area contributed by atoms with Gasteiger partial charge in [-0.15, -0.1) is 0 Å². The maximum atomic E-state index is 11.9. The number of carbonyl (C=O) groups excluding carboxylic acids is 2. The van der Waals surface area contributed by atoms with Crippen LogP contribution in [0.25, 0.3) is 0 Å². The quantitative estimate of drug-likeness (QED) is 0.682. The molecule has 2 amide bonds. The minimum absolute atomic E-state index is 0.0572. The van der Waals surface area contributed by atoms with E-state index in [0.29, 0.717) is 5.82 Å². The summed E-state index contributed by atoms with van der Waals surface area (Å²) >= 11 is 0. The highest BCUT2D eigenvalue weighted by atomic mass is 16.2. The Kier molecular flexibility index (Phi) is 4.19. The number of nitrogens with two attached hydrogens (primary N) is 2. The molecule has 0 fully saturated rings. The number of primary amides is 1. The van der Waals surface area contributed by atoms with Gasteiger partial charge >= 0.3 is 0 Å². The third-order valence-electron chi connectivity index (χ3n) is 2.34. The van der Waals surface area contributed by atoms with Crippen molar-refractivity contribution in [2.24, 2.45) is 5.73 Å². The fourth-order valence-corrected chi connectivity index (χ4v) is 1.20. The molecule has 7 nitrogen and oxygen atoms in total. The standard InChI is InChI=1S/C11H17N5O2/c1-5(2)10-14-4-7(12)8(16-10)11(18)15-6(3)9(13)17/h4-6H,12H2,1-3H3,(H2,13,17)(H,15,18). The van der Waals surface area contributed by atoms with Gasteiger partial charge in [0, 0.05) is 5.92 Å². The van der Waals surface area contributed by atoms with Gasteiger partial charge in [0.2, 0.25) is 5.91 Å². The van der Waals surface area contributed by atoms with Gasteiger partial charge in [0.05, 0.1) is 11.9 Å². The number of nitrogen functional groups attached to an aromatic ring is 1. The predicted molar refractivity (Wildman–Crippen MR) is 66.7 cm³/mol. The molecule has 0 bridgehead atoms. The van der Waals surface area contributed by atoms with Crippen LogP contribution in [-0.4, -0.2) is 27.8 Å². The van der Waals surface area contributed by atoms with Gasteiger partial charge in [-0.25, -0.2) is 9.97 Å². The van der Waals surface area contributed by atoms with E-state index in [-0.39, 0.29) is 17.3 Å². The second-order valence-corrected chi connectivity index (χ2v) is 4.28. The first-order valence-corrected chi connectivity index (χ1v) is 5.55. The molecular weight excluding hydrogens is 234 g/mol. The number of nitrogens with zero attached hydrogens (tertiary/aromatic N) is 2. The lowest BCUT2D eigenvalue weighted by Crippen LogP contribution is -2.42. The van der Waals surface area contributed by atoms with Crippen LogP contribution < -0.4 is 16.8 Å². The third-order valence-corrected chi connectivity index (χ3v) is 2.34. The Labute approximate surface area is 105 Å². The Hall–Kier alpha value is -2.18. The van der Waals surface area contributed by atoms with Crippen molar-refractivity contribution in [3.63, 3.8) is 0 Å². The summed E-state index contributed by atoms with van der Waals surface area (Å²) in [7, 11) is 0. The molecule has 0 aromatic carbocycles. The van der Waals surface area contributed by atoms with Crippen LogP contribution in [0.1, 0.15) is 43.0 Å². The summed E-state index contributed by atoms with van der Waals surface area (Å²) in [6.07, 6.45) is 1.38. The molecule has 0 aliphatic rings. The molecule has 1 aromatic rings. The van der Waals surface area contributed by atoms with Crippen molar-refractivity contribution in [3.05, 3.63) is 17.7 Å². The number of aromatic nitrogens is 2. The summed E-state index contributed by atoms with van der Waals surface area (Å²) in [6, 6.07) is -0.783. The summed E-state index contributed by atoms with van der Waals surface area (Å²) < 4.78 is 0. The fourth-order valence-electron chi connectivity index (χ4n) is 1.20. The Morgan fingerprint density at radius 1 is 1.33 bits per heavy atom. The lowest BCUT2D eigenvalue weighted by molar-refractivity contribution is -0.119. The van der Waals surface area contributed by atoms with E-state index in [9.17, 15) is 9.59 Å². The van der Waals surface area contributed by atoms with Gasteiger partial charge < -0.3 is 16.8 Å². The van der Waals surface area contributed by atoms with Crippen LogP contribution in [0.15, 0.2) is 6.20 Å². The topological polar surface area (TPSA) is 124 Å². The van der Waals surface area contributed by atoms with E-state index in [1.807, 2.05) is 13.8 Å². The minimum Gasteiger partial charge on any atom is -0.396 e. The number of amides is 2. The van der Waals surface area contributed by atoms with Crippen LogP contribution in [0.5, 0.6) is 0 Å². The second-order valence-electron chi connectivity index (χ2n) is 4.28. The molecule has 1 heterocycles. The smallest absolute Gasteiger partial charge is 0.272 e. The maximum Gasteiger partial charge on any atom is 0.272 e. The summed E-state index contributed by atoms with van der Waals surface area (Å²) in [4.78, 5) is 30.8. The Morgan fingerprint density at radius 2 is 1.94 bits per heavy atom. The van der Waals surface area contributed by atoms with Crippen molar-refractivity contribution in [1.82, 2.24) is 15.3 Å². The van der Waals surface area contributed by atoms with Crippen molar-refractivity contribution < 1.29 is 9.59 Å². The number of nitrogens with one attached hydrogen (secondary N) is 1. The third kappa shape index (κ3) is 3.16. The molecular formula is C11H17N5O2. The molecule has 0 aliphatic carbocycles. The van der Waals surface area contributed by atoms with E-state index in [1.54, 1.807) is 0 Å². The van der Waals surface area contributed by atoms with Crippen LogP contribution >= 0.6 is 0 Å². The molecule has 18 heavy (non-hydrogen) atoms. The molecule has 0 spiro atoms. The van der Waals surface area contributed by atoms with Crippen molar-refractivity contribution in [2.45, 2.75) is 32.7 Å². The number of rotatable bonds is 4. The summed E-state index contributed by atoms with van der Waals surface area (Å²) in [5, 5.41) is 2.42. The molecule has 0 aliphatic heterocycles. The molecule has 1 unspecified atom stereocenters. The highest BCUT2D eigenvalue weighted by molar-refractivity contribution is 5.99. The van der Waals surface area contributed by atoms with Gasteiger partial charge in [-0.05, 0) is 6.92 Å². The van der Waals surface area contributed by atoms with Gasteiger partial charge in [0.15, 0.2) is 5.69 Å². The number of carbonyl (C=O) groups is 2. The van der Waals surface area contributed by atoms with Gasteiger partial charge in [-0.3, -0.25) is 9.59 Å². The highest BCUT2D eigenvalue weighted by Gasteiger charge is 2.18. The van der Waals surface area contributed by atoms with E-state index < -0.39 is 17.9 Å². The van der Waals surface area contributed by atoms with Crippen molar-refractivity contribution in [1.29, 1.82) is 0 Å². The highest BCUT2D eigenvalue weighted by Crippen LogP contribution is 2.13. The lowest BCUT2D eigenvalue weighted by Gasteiger charge is -2.12. The van der Waals surface area contributed by atoms with Crippen LogP contribution in [0, 0.1) is 0 Å². The van der Waals surface area contributed by atoms with E-state index in [0.717, 1.165) is 0 Å². The first-order valence-electron chi connectivity index (χ1n) is 5.55. The van der Waals surface area contributed by atoms with Gasteiger partial charge in [-0.1, -0.05) is 13.8 Å². The normalized spacial score (nSPS) is 12.2. The Bertz CT molecular complexity index is 473. The molecule has 98 valence electrons. The minimum atomic E-state index is -0.783. The Balaban J connectivity index is 2.98. The first-order chi connectivity index (χ1) is 8.32. The predicted octanol–water partition coefficient (Wildman–Crippen LogP) is -0.214. The zero-order chi connectivity index (χ0) is 13.9. The van der Waals surface area contributed by atoms with E-state index in [2.05, 4.69) is 15.3 Å². The second kappa shape index (κ2) is 5.44. The molecule has 0 saturated heterocycles. The van der Waals surface area contributed by atoms with Gasteiger partial charge in [-0.2, -0.15) is 0 Å². The van der Waals surface area contributed by atoms with E-state index in [1.165, 1.54) is 13.1 Å². The maximum absolute atomic E-state index is 11.9. The number of anilines is 1. The Morgan fingerprint density at radius 3 is 2.44 bits per heavy atom. The molecule has 1 rings (SSSR count). The van der Waals surface area contributed by atoms with Crippen LogP contribution in [0.4, 0.5) is 5.69 Å². The fraction of sp³-hybridized carbons (Fsp3) is 0.455. The van der Waals surface area contributed by atoms with E-state index in [4.69, 9.17) is 11.5 Å².